The SMILES string of the molecule is CC(C(=O)N1CCOC(CBr)C1)c1ccccc1. The Morgan fingerprint density at radius 3 is 2.89 bits per heavy atom. The number of benzene rings is 1. The fraction of sp³-hybridized carbons (Fsp3) is 0.500. The summed E-state index contributed by atoms with van der Waals surface area (Å²) >= 11 is 3.41. The lowest BCUT2D eigenvalue weighted by atomic mass is 9.99. The maximum absolute atomic E-state index is 12.4. The Hall–Kier alpha value is -0.870. The zero-order chi connectivity index (χ0) is 13.0. The first-order chi connectivity index (χ1) is 8.72. The van der Waals surface area contributed by atoms with Gasteiger partial charge in [0, 0.05) is 18.4 Å². The summed E-state index contributed by atoms with van der Waals surface area (Å²) in [7, 11) is 0. The topological polar surface area (TPSA) is 29.5 Å². The number of hydrogen-bond acceptors (Lipinski definition) is 2. The van der Waals surface area contributed by atoms with Crippen molar-refractivity contribution in [3.63, 3.8) is 0 Å². The van der Waals surface area contributed by atoms with Gasteiger partial charge in [0.2, 0.25) is 5.91 Å². The lowest BCUT2D eigenvalue weighted by Crippen LogP contribution is -2.47. The van der Waals surface area contributed by atoms with Crippen LogP contribution in [0.4, 0.5) is 0 Å². The van der Waals surface area contributed by atoms with E-state index in [0.717, 1.165) is 10.9 Å². The average molecular weight is 312 g/mol. The zero-order valence-electron chi connectivity index (χ0n) is 10.5. The maximum Gasteiger partial charge on any atom is 0.229 e. The van der Waals surface area contributed by atoms with Gasteiger partial charge in [-0.2, -0.15) is 0 Å². The van der Waals surface area contributed by atoms with E-state index in [4.69, 9.17) is 4.74 Å². The van der Waals surface area contributed by atoms with Gasteiger partial charge in [0.05, 0.1) is 18.6 Å². The molecule has 0 N–H and O–H groups in total. The summed E-state index contributed by atoms with van der Waals surface area (Å²) in [6.07, 6.45) is 0.116. The number of rotatable bonds is 3. The van der Waals surface area contributed by atoms with Gasteiger partial charge >= 0.3 is 0 Å². The van der Waals surface area contributed by atoms with Crippen LogP contribution < -0.4 is 0 Å². The smallest absolute Gasteiger partial charge is 0.229 e. The number of morpholine rings is 1. The second-order valence-corrected chi connectivity index (χ2v) is 5.21. The van der Waals surface area contributed by atoms with Crippen molar-refractivity contribution in [1.82, 2.24) is 4.90 Å². The van der Waals surface area contributed by atoms with E-state index in [1.54, 1.807) is 0 Å². The van der Waals surface area contributed by atoms with Crippen LogP contribution in [0.15, 0.2) is 30.3 Å². The van der Waals surface area contributed by atoms with Crippen molar-refractivity contribution in [2.45, 2.75) is 18.9 Å². The highest BCUT2D eigenvalue weighted by molar-refractivity contribution is 9.09. The van der Waals surface area contributed by atoms with Crippen LogP contribution in [0.3, 0.4) is 0 Å². The van der Waals surface area contributed by atoms with Gasteiger partial charge in [-0.3, -0.25) is 4.79 Å². The van der Waals surface area contributed by atoms with E-state index < -0.39 is 0 Å². The van der Waals surface area contributed by atoms with Crippen LogP contribution >= 0.6 is 15.9 Å². The van der Waals surface area contributed by atoms with E-state index in [1.807, 2.05) is 42.2 Å². The molecule has 0 radical (unpaired) electrons. The number of hydrogen-bond donors (Lipinski definition) is 0. The zero-order valence-corrected chi connectivity index (χ0v) is 12.1. The Labute approximate surface area is 116 Å². The second-order valence-electron chi connectivity index (χ2n) is 4.56. The maximum atomic E-state index is 12.4. The molecule has 4 heteroatoms. The number of amides is 1. The molecule has 0 saturated carbocycles. The fourth-order valence-corrected chi connectivity index (χ4v) is 2.56. The van der Waals surface area contributed by atoms with Gasteiger partial charge in [-0.25, -0.2) is 0 Å². The summed E-state index contributed by atoms with van der Waals surface area (Å²) < 4.78 is 5.55. The molecule has 98 valence electrons. The molecule has 2 unspecified atom stereocenters. The fourth-order valence-electron chi connectivity index (χ4n) is 2.17. The van der Waals surface area contributed by atoms with Crippen LogP contribution in [-0.2, 0) is 9.53 Å². The molecular formula is C14H18BrNO2. The highest BCUT2D eigenvalue weighted by Crippen LogP contribution is 2.19. The van der Waals surface area contributed by atoms with E-state index in [1.165, 1.54) is 0 Å². The van der Waals surface area contributed by atoms with E-state index in [2.05, 4.69) is 15.9 Å². The lowest BCUT2D eigenvalue weighted by Gasteiger charge is -2.33. The Kier molecular flexibility index (Phi) is 4.78. The lowest BCUT2D eigenvalue weighted by molar-refractivity contribution is -0.139. The molecule has 2 atom stereocenters. The number of halogens is 1. The molecular weight excluding hydrogens is 294 g/mol. The van der Waals surface area contributed by atoms with Crippen LogP contribution in [0.25, 0.3) is 0 Å². The normalized spacial score (nSPS) is 21.7. The number of carbonyl (C=O) groups excluding carboxylic acids is 1. The second kappa shape index (κ2) is 6.34. The van der Waals surface area contributed by atoms with Crippen LogP contribution in [-0.4, -0.2) is 41.9 Å². The van der Waals surface area contributed by atoms with Crippen LogP contribution in [0.2, 0.25) is 0 Å². The molecule has 1 aromatic rings. The number of ether oxygens (including phenoxy) is 1. The third kappa shape index (κ3) is 3.12. The van der Waals surface area contributed by atoms with Gasteiger partial charge < -0.3 is 9.64 Å². The van der Waals surface area contributed by atoms with Gasteiger partial charge in [-0.15, -0.1) is 0 Å². The van der Waals surface area contributed by atoms with Crippen molar-refractivity contribution >= 4 is 21.8 Å². The minimum absolute atomic E-state index is 0.0831. The van der Waals surface area contributed by atoms with Gasteiger partial charge in [0.15, 0.2) is 0 Å². The molecule has 1 aromatic carbocycles. The van der Waals surface area contributed by atoms with Crippen molar-refractivity contribution in [2.24, 2.45) is 0 Å². The molecule has 1 saturated heterocycles. The van der Waals surface area contributed by atoms with Gasteiger partial charge in [-0.05, 0) is 12.5 Å². The molecule has 0 aromatic heterocycles. The average Bonchev–Trinajstić information content (AvgIpc) is 2.46. The Bertz CT molecular complexity index is 396. The summed E-state index contributed by atoms with van der Waals surface area (Å²) in [5, 5.41) is 0.774. The summed E-state index contributed by atoms with van der Waals surface area (Å²) in [6, 6.07) is 9.92. The number of carbonyl (C=O) groups is 1. The Morgan fingerprint density at radius 1 is 1.50 bits per heavy atom. The molecule has 1 heterocycles. The first-order valence-electron chi connectivity index (χ1n) is 6.23. The van der Waals surface area contributed by atoms with Gasteiger partial charge in [0.25, 0.3) is 0 Å². The summed E-state index contributed by atoms with van der Waals surface area (Å²) in [6.45, 7) is 3.97. The number of nitrogens with zero attached hydrogens (tertiary/aromatic N) is 1. The van der Waals surface area contributed by atoms with Crippen molar-refractivity contribution in [2.75, 3.05) is 25.0 Å². The van der Waals surface area contributed by atoms with Gasteiger partial charge in [-0.1, -0.05) is 46.3 Å². The van der Waals surface area contributed by atoms with Crippen molar-refractivity contribution in [3.05, 3.63) is 35.9 Å². The summed E-state index contributed by atoms with van der Waals surface area (Å²) in [5.74, 6) is 0.107. The largest absolute Gasteiger partial charge is 0.374 e. The molecule has 1 fully saturated rings. The highest BCUT2D eigenvalue weighted by Gasteiger charge is 2.27. The van der Waals surface area contributed by atoms with E-state index in [9.17, 15) is 4.79 Å². The van der Waals surface area contributed by atoms with Crippen molar-refractivity contribution in [3.8, 4) is 0 Å². The Morgan fingerprint density at radius 2 is 2.22 bits per heavy atom. The third-order valence-electron chi connectivity index (χ3n) is 3.29. The molecule has 1 amide bonds. The van der Waals surface area contributed by atoms with E-state index >= 15 is 0 Å². The predicted molar refractivity (Wildman–Crippen MR) is 75.0 cm³/mol. The predicted octanol–water partition coefficient (Wildman–Crippen LogP) is 2.41. The molecule has 0 bridgehead atoms. The summed E-state index contributed by atoms with van der Waals surface area (Å²) in [4.78, 5) is 14.3. The Balaban J connectivity index is 2.02. The van der Waals surface area contributed by atoms with Crippen molar-refractivity contribution in [1.29, 1.82) is 0 Å². The van der Waals surface area contributed by atoms with E-state index in [-0.39, 0.29) is 17.9 Å². The molecule has 18 heavy (non-hydrogen) atoms. The van der Waals surface area contributed by atoms with Gasteiger partial charge in [0.1, 0.15) is 0 Å². The van der Waals surface area contributed by atoms with E-state index in [0.29, 0.717) is 19.7 Å². The monoisotopic (exact) mass is 311 g/mol. The summed E-state index contributed by atoms with van der Waals surface area (Å²) in [5.41, 5.74) is 1.07. The quantitative estimate of drug-likeness (QED) is 0.802. The first kappa shape index (κ1) is 13.6. The van der Waals surface area contributed by atoms with Crippen LogP contribution in [0.5, 0.6) is 0 Å². The van der Waals surface area contributed by atoms with Crippen molar-refractivity contribution < 1.29 is 9.53 Å². The minimum Gasteiger partial charge on any atom is -0.374 e. The number of alkyl halides is 1. The van der Waals surface area contributed by atoms with Crippen LogP contribution in [0, 0.1) is 0 Å². The first-order valence-corrected chi connectivity index (χ1v) is 7.36. The standard InChI is InChI=1S/C14H18BrNO2/c1-11(12-5-3-2-4-6-12)14(17)16-7-8-18-13(9-15)10-16/h2-6,11,13H,7-10H2,1H3. The molecule has 2 rings (SSSR count). The molecule has 0 aliphatic carbocycles. The molecule has 3 nitrogen and oxygen atoms in total. The molecule has 1 aliphatic rings. The molecule has 1 aliphatic heterocycles. The molecule has 0 spiro atoms. The highest BCUT2D eigenvalue weighted by atomic mass is 79.9. The minimum atomic E-state index is -0.0831. The third-order valence-corrected chi connectivity index (χ3v) is 4.01. The van der Waals surface area contributed by atoms with Crippen LogP contribution in [0.1, 0.15) is 18.4 Å².